The number of aromatic nitrogens is 1. The van der Waals surface area contributed by atoms with E-state index >= 15 is 0 Å². The monoisotopic (exact) mass is 601 g/mol. The summed E-state index contributed by atoms with van der Waals surface area (Å²) in [6, 6.07) is 19.6. The van der Waals surface area contributed by atoms with E-state index in [2.05, 4.69) is 26.6 Å². The zero-order valence-electron chi connectivity index (χ0n) is 23.6. The van der Waals surface area contributed by atoms with Crippen LogP contribution in [0.1, 0.15) is 12.0 Å². The van der Waals surface area contributed by atoms with Crippen LogP contribution < -0.4 is 20.1 Å². The van der Waals surface area contributed by atoms with E-state index in [1.807, 2.05) is 0 Å². The van der Waals surface area contributed by atoms with Gasteiger partial charge in [-0.3, -0.25) is 9.88 Å². The molecule has 2 heterocycles. The van der Waals surface area contributed by atoms with Gasteiger partial charge in [0.15, 0.2) is 9.84 Å². The van der Waals surface area contributed by atoms with Crippen molar-refractivity contribution in [2.24, 2.45) is 0 Å². The van der Waals surface area contributed by atoms with Crippen LogP contribution in [0.3, 0.4) is 0 Å². The van der Waals surface area contributed by atoms with Gasteiger partial charge in [-0.1, -0.05) is 6.07 Å². The average Bonchev–Trinajstić information content (AvgIpc) is 3.00. The minimum atomic E-state index is -3.40. The van der Waals surface area contributed by atoms with Gasteiger partial charge in [0.2, 0.25) is 0 Å². The normalized spacial score (nSPS) is 13.7. The minimum Gasteiger partial charge on any atom is -0.492 e. The summed E-state index contributed by atoms with van der Waals surface area (Å²) in [5, 5.41) is 15.8. The zero-order chi connectivity index (χ0) is 30.2. The van der Waals surface area contributed by atoms with Crippen LogP contribution in [-0.2, 0) is 14.6 Å². The number of carbonyl (C=O) groups is 1. The van der Waals surface area contributed by atoms with Gasteiger partial charge in [0.25, 0.3) is 0 Å². The van der Waals surface area contributed by atoms with Crippen LogP contribution in [0.2, 0.25) is 0 Å². The van der Waals surface area contributed by atoms with Gasteiger partial charge >= 0.3 is 6.03 Å². The van der Waals surface area contributed by atoms with E-state index in [1.165, 1.54) is 12.1 Å². The number of nitriles is 1. The molecule has 0 bridgehead atoms. The maximum Gasteiger partial charge on any atom is 0.323 e. The molecule has 4 aromatic rings. The lowest BCUT2D eigenvalue weighted by Gasteiger charge is -2.26. The molecule has 222 valence electrons. The number of nitrogens with zero attached hydrogens (tertiary/aromatic N) is 3. The fraction of sp³-hybridized carbons (Fsp3) is 0.258. The summed E-state index contributed by atoms with van der Waals surface area (Å²) in [5.74, 6) is 1.52. The largest absolute Gasteiger partial charge is 0.492 e. The van der Waals surface area contributed by atoms with E-state index in [-0.39, 0.29) is 4.90 Å². The number of pyridine rings is 1. The number of amides is 2. The van der Waals surface area contributed by atoms with E-state index in [1.54, 1.807) is 60.8 Å². The number of carbonyl (C=O) groups excluding carboxylic acids is 1. The molecule has 2 N–H and O–H groups in total. The van der Waals surface area contributed by atoms with Crippen LogP contribution in [0.5, 0.6) is 17.2 Å². The maximum atomic E-state index is 12.5. The number of anilines is 2. The highest BCUT2D eigenvalue weighted by atomic mass is 32.2. The molecule has 0 atom stereocenters. The Morgan fingerprint density at radius 2 is 1.79 bits per heavy atom. The van der Waals surface area contributed by atoms with Crippen molar-refractivity contribution in [3.05, 3.63) is 78.5 Å². The summed E-state index contributed by atoms with van der Waals surface area (Å²) in [6.45, 7) is 4.75. The van der Waals surface area contributed by atoms with Crippen molar-refractivity contribution in [3.8, 4) is 23.3 Å². The van der Waals surface area contributed by atoms with Gasteiger partial charge in [0.05, 0.1) is 35.8 Å². The molecule has 43 heavy (non-hydrogen) atoms. The fourth-order valence-corrected chi connectivity index (χ4v) is 5.24. The summed E-state index contributed by atoms with van der Waals surface area (Å²) in [6.07, 6.45) is 3.57. The number of morpholine rings is 1. The molecule has 0 aliphatic carbocycles. The zero-order valence-corrected chi connectivity index (χ0v) is 24.4. The quantitative estimate of drug-likeness (QED) is 0.239. The average molecular weight is 602 g/mol. The predicted molar refractivity (Wildman–Crippen MR) is 163 cm³/mol. The van der Waals surface area contributed by atoms with Crippen LogP contribution in [0.25, 0.3) is 10.9 Å². The molecule has 5 rings (SSSR count). The van der Waals surface area contributed by atoms with Gasteiger partial charge in [0.1, 0.15) is 23.3 Å². The first-order valence-corrected chi connectivity index (χ1v) is 15.6. The van der Waals surface area contributed by atoms with Crippen LogP contribution in [0, 0.1) is 11.3 Å². The number of nitrogens with one attached hydrogen (secondary N) is 2. The fourth-order valence-electron chi connectivity index (χ4n) is 4.57. The molecule has 0 spiro atoms. The molecule has 1 aliphatic rings. The summed E-state index contributed by atoms with van der Waals surface area (Å²) in [5.41, 5.74) is 1.88. The van der Waals surface area contributed by atoms with Crippen molar-refractivity contribution in [1.82, 2.24) is 9.88 Å². The summed E-state index contributed by atoms with van der Waals surface area (Å²) >= 11 is 0. The highest BCUT2D eigenvalue weighted by molar-refractivity contribution is 7.90. The first kappa shape index (κ1) is 29.8. The minimum absolute atomic E-state index is 0.112. The Morgan fingerprint density at radius 3 is 2.53 bits per heavy atom. The number of sulfone groups is 1. The Morgan fingerprint density at radius 1 is 1.02 bits per heavy atom. The molecule has 2 amide bonds. The third-order valence-electron chi connectivity index (χ3n) is 6.76. The van der Waals surface area contributed by atoms with E-state index < -0.39 is 15.9 Å². The third-order valence-corrected chi connectivity index (χ3v) is 7.87. The number of hydrogen-bond donors (Lipinski definition) is 2. The lowest BCUT2D eigenvalue weighted by molar-refractivity contribution is 0.0358. The molecule has 3 aromatic carbocycles. The van der Waals surface area contributed by atoms with Crippen molar-refractivity contribution in [2.75, 3.05) is 56.3 Å². The second-order valence-electron chi connectivity index (χ2n) is 9.95. The first-order chi connectivity index (χ1) is 20.8. The lowest BCUT2D eigenvalue weighted by Crippen LogP contribution is -2.37. The van der Waals surface area contributed by atoms with Crippen LogP contribution >= 0.6 is 0 Å². The van der Waals surface area contributed by atoms with Crippen molar-refractivity contribution in [2.45, 2.75) is 11.3 Å². The molecule has 11 nitrogen and oxygen atoms in total. The highest BCUT2D eigenvalue weighted by Gasteiger charge is 2.14. The Hall–Kier alpha value is -4.70. The standard InChI is InChI=1S/C31H31N5O6S/c1-43(38,39)26-5-2-4-24(19-26)35-31(37)34-23-6-8-25(9-7-23)42-29-10-11-33-28-20-30(22(21-32)18-27(28)29)41-15-3-12-36-13-16-40-17-14-36/h2,4-11,18-20H,3,12-17H2,1H3,(H2,34,35,37). The van der Waals surface area contributed by atoms with Crippen LogP contribution in [0.4, 0.5) is 16.2 Å². The summed E-state index contributed by atoms with van der Waals surface area (Å²) < 4.78 is 41.0. The molecule has 1 aromatic heterocycles. The smallest absolute Gasteiger partial charge is 0.323 e. The van der Waals surface area contributed by atoms with Gasteiger partial charge in [-0.15, -0.1) is 0 Å². The third kappa shape index (κ3) is 7.98. The molecule has 12 heteroatoms. The van der Waals surface area contributed by atoms with E-state index in [4.69, 9.17) is 14.2 Å². The van der Waals surface area contributed by atoms with Gasteiger partial charge in [-0.05, 0) is 61.0 Å². The molecule has 0 saturated carbocycles. The Bertz CT molecular complexity index is 1750. The number of urea groups is 1. The number of benzene rings is 3. The molecule has 1 saturated heterocycles. The molecule has 0 radical (unpaired) electrons. The lowest BCUT2D eigenvalue weighted by atomic mass is 10.1. The van der Waals surface area contributed by atoms with Crippen LogP contribution in [0.15, 0.2) is 77.8 Å². The van der Waals surface area contributed by atoms with Gasteiger partial charge < -0.3 is 24.8 Å². The SMILES string of the molecule is CS(=O)(=O)c1cccc(NC(=O)Nc2ccc(Oc3ccnc4cc(OCCCN5CCOCC5)c(C#N)cc34)cc2)c1. The molecular weight excluding hydrogens is 570 g/mol. The number of hydrogen-bond acceptors (Lipinski definition) is 9. The Balaban J connectivity index is 1.21. The maximum absolute atomic E-state index is 12.5. The summed E-state index contributed by atoms with van der Waals surface area (Å²) in [4.78, 5) is 19.3. The van der Waals surface area contributed by atoms with Gasteiger partial charge in [-0.25, -0.2) is 13.2 Å². The molecular formula is C31H31N5O6S. The predicted octanol–water partition coefficient (Wildman–Crippen LogP) is 5.05. The Kier molecular flexibility index (Phi) is 9.36. The molecule has 1 aliphatic heterocycles. The summed E-state index contributed by atoms with van der Waals surface area (Å²) in [7, 11) is -3.40. The topological polar surface area (TPSA) is 143 Å². The van der Waals surface area contributed by atoms with E-state index in [0.29, 0.717) is 51.7 Å². The van der Waals surface area contributed by atoms with Crippen molar-refractivity contribution in [1.29, 1.82) is 5.26 Å². The molecule has 1 fully saturated rings. The van der Waals surface area contributed by atoms with Crippen molar-refractivity contribution >= 4 is 38.1 Å². The number of ether oxygens (including phenoxy) is 3. The second-order valence-corrected chi connectivity index (χ2v) is 12.0. The van der Waals surface area contributed by atoms with Gasteiger partial charge in [0, 0.05) is 54.9 Å². The second kappa shape index (κ2) is 13.5. The van der Waals surface area contributed by atoms with Crippen molar-refractivity contribution in [3.63, 3.8) is 0 Å². The van der Waals surface area contributed by atoms with E-state index in [9.17, 15) is 18.5 Å². The van der Waals surface area contributed by atoms with Crippen molar-refractivity contribution < 1.29 is 27.4 Å². The van der Waals surface area contributed by atoms with E-state index in [0.717, 1.165) is 45.5 Å². The number of fused-ring (bicyclic) bond motifs is 1. The number of rotatable bonds is 10. The van der Waals surface area contributed by atoms with Crippen LogP contribution in [-0.4, -0.2) is 70.0 Å². The highest BCUT2D eigenvalue weighted by Crippen LogP contribution is 2.33. The molecule has 0 unspecified atom stereocenters. The first-order valence-electron chi connectivity index (χ1n) is 13.7. The van der Waals surface area contributed by atoms with Gasteiger partial charge in [-0.2, -0.15) is 5.26 Å². The Labute approximate surface area is 249 Å².